The Bertz CT molecular complexity index is 914. The van der Waals surface area contributed by atoms with E-state index in [4.69, 9.17) is 0 Å². The Morgan fingerprint density at radius 1 is 0.963 bits per heavy atom. The minimum absolute atomic E-state index is 0.162. The molecule has 0 fully saturated rings. The zero-order valence-corrected chi connectivity index (χ0v) is 16.0. The predicted octanol–water partition coefficient (Wildman–Crippen LogP) is 3.60. The minimum atomic E-state index is -0.162. The van der Waals surface area contributed by atoms with Gasteiger partial charge in [0.2, 0.25) is 0 Å². The van der Waals surface area contributed by atoms with Gasteiger partial charge in [-0.05, 0) is 50.1 Å². The molecule has 0 radical (unpaired) electrons. The molecule has 138 valence electrons. The fraction of sp³-hybridized carbons (Fsp3) is 0.286. The molecule has 0 aliphatic carbocycles. The van der Waals surface area contributed by atoms with E-state index in [0.717, 1.165) is 28.3 Å². The molecule has 1 N–H and O–H groups in total. The maximum absolute atomic E-state index is 12.4. The molecule has 1 aromatic carbocycles. The smallest absolute Gasteiger partial charge is 0.251 e. The van der Waals surface area contributed by atoms with Crippen LogP contribution >= 0.6 is 0 Å². The van der Waals surface area contributed by atoms with Crippen molar-refractivity contribution in [3.05, 3.63) is 70.9 Å². The molecule has 6 heteroatoms. The molecule has 0 unspecified atom stereocenters. The van der Waals surface area contributed by atoms with Crippen LogP contribution in [0.4, 0.5) is 0 Å². The summed E-state index contributed by atoms with van der Waals surface area (Å²) in [5.41, 5.74) is 5.03. The zero-order valence-electron chi connectivity index (χ0n) is 16.0. The molecule has 3 aromatic rings. The Balaban J connectivity index is 1.66. The molecule has 0 bridgehead atoms. The van der Waals surface area contributed by atoms with Gasteiger partial charge >= 0.3 is 0 Å². The predicted molar refractivity (Wildman–Crippen MR) is 104 cm³/mol. The number of nitrogens with zero attached hydrogens (tertiary/aromatic N) is 4. The van der Waals surface area contributed by atoms with E-state index in [1.54, 1.807) is 12.1 Å². The summed E-state index contributed by atoms with van der Waals surface area (Å²) in [6, 6.07) is 13.2. The van der Waals surface area contributed by atoms with Gasteiger partial charge in [-0.1, -0.05) is 26.0 Å². The van der Waals surface area contributed by atoms with E-state index in [9.17, 15) is 4.79 Å². The molecule has 0 spiro atoms. The molecule has 0 saturated carbocycles. The van der Waals surface area contributed by atoms with Crippen LogP contribution in [0, 0.1) is 13.8 Å². The van der Waals surface area contributed by atoms with Crippen molar-refractivity contribution in [2.75, 3.05) is 0 Å². The van der Waals surface area contributed by atoms with Gasteiger partial charge in [-0.2, -0.15) is 10.2 Å². The molecule has 0 atom stereocenters. The molecule has 27 heavy (non-hydrogen) atoms. The van der Waals surface area contributed by atoms with E-state index in [0.29, 0.717) is 23.9 Å². The van der Waals surface area contributed by atoms with Gasteiger partial charge in [-0.3, -0.25) is 4.79 Å². The average Bonchev–Trinajstić information content (AvgIpc) is 2.65. The summed E-state index contributed by atoms with van der Waals surface area (Å²) in [7, 11) is 0. The molecular formula is C21H23N5O. The highest BCUT2D eigenvalue weighted by atomic mass is 16.1. The van der Waals surface area contributed by atoms with Crippen molar-refractivity contribution < 1.29 is 4.79 Å². The standard InChI is InChI=1S/C21H23N5O/c1-13(2)18-9-10-19(26-25-18)16-5-7-17(8-6-16)21(27)22-12-20-23-14(3)11-15(4)24-20/h5-11,13H,12H2,1-4H3,(H,22,27). The molecule has 0 aliphatic heterocycles. The lowest BCUT2D eigenvalue weighted by atomic mass is 10.1. The van der Waals surface area contributed by atoms with E-state index in [1.807, 2.05) is 44.2 Å². The first kappa shape index (κ1) is 18.6. The second-order valence-electron chi connectivity index (χ2n) is 6.83. The first-order valence-electron chi connectivity index (χ1n) is 8.96. The number of rotatable bonds is 5. The number of carbonyl (C=O) groups excluding carboxylic acids is 1. The second kappa shape index (κ2) is 8.03. The van der Waals surface area contributed by atoms with Crippen LogP contribution < -0.4 is 5.32 Å². The number of amides is 1. The Hall–Kier alpha value is -3.15. The van der Waals surface area contributed by atoms with Crippen molar-refractivity contribution in [2.45, 2.75) is 40.2 Å². The van der Waals surface area contributed by atoms with Gasteiger partial charge in [0.25, 0.3) is 5.91 Å². The van der Waals surface area contributed by atoms with Gasteiger partial charge in [0.05, 0.1) is 17.9 Å². The zero-order chi connectivity index (χ0) is 19.4. The quantitative estimate of drug-likeness (QED) is 0.751. The SMILES string of the molecule is Cc1cc(C)nc(CNC(=O)c2ccc(-c3ccc(C(C)C)nn3)cc2)n1. The number of aromatic nitrogens is 4. The van der Waals surface area contributed by atoms with Gasteiger partial charge in [-0.25, -0.2) is 9.97 Å². The number of benzene rings is 1. The summed E-state index contributed by atoms with van der Waals surface area (Å²) in [6.07, 6.45) is 0. The molecule has 3 rings (SSSR count). The van der Waals surface area contributed by atoms with Crippen molar-refractivity contribution >= 4 is 5.91 Å². The van der Waals surface area contributed by atoms with Gasteiger partial charge in [0.15, 0.2) is 0 Å². The number of carbonyl (C=O) groups is 1. The first-order valence-corrected chi connectivity index (χ1v) is 8.96. The van der Waals surface area contributed by atoms with Crippen molar-refractivity contribution in [2.24, 2.45) is 0 Å². The summed E-state index contributed by atoms with van der Waals surface area (Å²) < 4.78 is 0. The highest BCUT2D eigenvalue weighted by Crippen LogP contribution is 2.19. The Labute approximate surface area is 159 Å². The molecule has 0 saturated heterocycles. The van der Waals surface area contributed by atoms with Crippen molar-refractivity contribution in [1.82, 2.24) is 25.5 Å². The van der Waals surface area contributed by atoms with Crippen LogP contribution in [0.25, 0.3) is 11.3 Å². The van der Waals surface area contributed by atoms with E-state index in [2.05, 4.69) is 39.3 Å². The topological polar surface area (TPSA) is 80.7 Å². The average molecular weight is 361 g/mol. The number of hydrogen-bond acceptors (Lipinski definition) is 5. The third-order valence-corrected chi connectivity index (χ3v) is 4.16. The van der Waals surface area contributed by atoms with Crippen LogP contribution in [0.3, 0.4) is 0 Å². The number of nitrogens with one attached hydrogen (secondary N) is 1. The van der Waals surface area contributed by atoms with E-state index in [-0.39, 0.29) is 5.91 Å². The van der Waals surface area contributed by atoms with Crippen molar-refractivity contribution in [3.8, 4) is 11.3 Å². The van der Waals surface area contributed by atoms with Crippen LogP contribution in [0.15, 0.2) is 42.5 Å². The highest BCUT2D eigenvalue weighted by Gasteiger charge is 2.09. The molecule has 0 aliphatic rings. The van der Waals surface area contributed by atoms with Crippen molar-refractivity contribution in [1.29, 1.82) is 0 Å². The number of aryl methyl sites for hydroxylation is 2. The summed E-state index contributed by atoms with van der Waals surface area (Å²) in [6.45, 7) is 8.29. The van der Waals surface area contributed by atoms with Crippen LogP contribution in [0.5, 0.6) is 0 Å². The van der Waals surface area contributed by atoms with Gasteiger partial charge in [-0.15, -0.1) is 0 Å². The van der Waals surface area contributed by atoms with E-state index < -0.39 is 0 Å². The summed E-state index contributed by atoms with van der Waals surface area (Å²) in [4.78, 5) is 21.0. The highest BCUT2D eigenvalue weighted by molar-refractivity contribution is 5.94. The second-order valence-corrected chi connectivity index (χ2v) is 6.83. The summed E-state index contributed by atoms with van der Waals surface area (Å²) in [5.74, 6) is 0.794. The van der Waals surface area contributed by atoms with Gasteiger partial charge in [0, 0.05) is 22.5 Å². The lowest BCUT2D eigenvalue weighted by Gasteiger charge is -2.07. The lowest BCUT2D eigenvalue weighted by molar-refractivity contribution is 0.0950. The van der Waals surface area contributed by atoms with Crippen LogP contribution in [-0.2, 0) is 6.54 Å². The molecule has 2 aromatic heterocycles. The largest absolute Gasteiger partial charge is 0.345 e. The third kappa shape index (κ3) is 4.73. The molecule has 6 nitrogen and oxygen atoms in total. The minimum Gasteiger partial charge on any atom is -0.345 e. The Kier molecular flexibility index (Phi) is 5.54. The summed E-state index contributed by atoms with van der Waals surface area (Å²) in [5, 5.41) is 11.4. The van der Waals surface area contributed by atoms with Crippen molar-refractivity contribution in [3.63, 3.8) is 0 Å². The van der Waals surface area contributed by atoms with Crippen LogP contribution in [0.2, 0.25) is 0 Å². The van der Waals surface area contributed by atoms with Gasteiger partial charge < -0.3 is 5.32 Å². The normalized spacial score (nSPS) is 10.9. The fourth-order valence-corrected chi connectivity index (χ4v) is 2.74. The maximum Gasteiger partial charge on any atom is 0.251 e. The summed E-state index contributed by atoms with van der Waals surface area (Å²) >= 11 is 0. The van der Waals surface area contributed by atoms with E-state index in [1.165, 1.54) is 0 Å². The van der Waals surface area contributed by atoms with E-state index >= 15 is 0 Å². The first-order chi connectivity index (χ1) is 12.9. The van der Waals surface area contributed by atoms with Crippen LogP contribution in [-0.4, -0.2) is 26.1 Å². The molecule has 1 amide bonds. The number of hydrogen-bond donors (Lipinski definition) is 1. The lowest BCUT2D eigenvalue weighted by Crippen LogP contribution is -2.24. The molecule has 2 heterocycles. The Morgan fingerprint density at radius 2 is 1.63 bits per heavy atom. The maximum atomic E-state index is 12.4. The van der Waals surface area contributed by atoms with Gasteiger partial charge in [0.1, 0.15) is 5.82 Å². The monoisotopic (exact) mass is 361 g/mol. The van der Waals surface area contributed by atoms with Crippen LogP contribution in [0.1, 0.15) is 53.0 Å². The third-order valence-electron chi connectivity index (χ3n) is 4.16. The Morgan fingerprint density at radius 3 is 2.19 bits per heavy atom. The molecular weight excluding hydrogens is 338 g/mol. The fourth-order valence-electron chi connectivity index (χ4n) is 2.74.